The fourth-order valence-corrected chi connectivity index (χ4v) is 4.54. The minimum Gasteiger partial charge on any atom is -0.386 e. The number of benzene rings is 2. The second-order valence-electron chi connectivity index (χ2n) is 8.42. The molecule has 0 radical (unpaired) electrons. The molecule has 166 valence electrons. The van der Waals surface area contributed by atoms with Crippen LogP contribution in [0, 0.1) is 0 Å². The van der Waals surface area contributed by atoms with Crippen LogP contribution in [0.5, 0.6) is 0 Å². The molecule has 1 amide bonds. The number of nitrogens with zero attached hydrogens (tertiary/aromatic N) is 4. The van der Waals surface area contributed by atoms with Crippen LogP contribution in [-0.4, -0.2) is 62.6 Å². The van der Waals surface area contributed by atoms with E-state index in [2.05, 4.69) is 39.1 Å². The first-order valence-corrected chi connectivity index (χ1v) is 11.3. The van der Waals surface area contributed by atoms with E-state index in [0.717, 1.165) is 30.0 Å². The Morgan fingerprint density at radius 1 is 0.938 bits per heavy atom. The van der Waals surface area contributed by atoms with Gasteiger partial charge in [-0.3, -0.25) is 4.79 Å². The Hall–Kier alpha value is -3.32. The van der Waals surface area contributed by atoms with Gasteiger partial charge in [-0.2, -0.15) is 0 Å². The minimum absolute atomic E-state index is 0.0380. The molecule has 7 nitrogen and oxygen atoms in total. The Labute approximate surface area is 188 Å². The fraction of sp³-hybridized carbons (Fsp3) is 0.360. The number of carbonyl (C=O) groups is 1. The summed E-state index contributed by atoms with van der Waals surface area (Å²) in [6.07, 6.45) is 4.31. The molecule has 0 aromatic heterocycles. The quantitative estimate of drug-likeness (QED) is 0.806. The van der Waals surface area contributed by atoms with E-state index in [1.54, 1.807) is 6.20 Å². The van der Waals surface area contributed by atoms with Crippen molar-refractivity contribution in [3.63, 3.8) is 0 Å². The van der Waals surface area contributed by atoms with Crippen molar-refractivity contribution in [2.75, 3.05) is 55.7 Å². The minimum atomic E-state index is 0.0380. The molecule has 0 saturated carbocycles. The van der Waals surface area contributed by atoms with Crippen molar-refractivity contribution in [3.05, 3.63) is 65.9 Å². The van der Waals surface area contributed by atoms with Crippen LogP contribution in [0.1, 0.15) is 28.8 Å². The zero-order valence-electron chi connectivity index (χ0n) is 18.2. The predicted octanol–water partition coefficient (Wildman–Crippen LogP) is 2.94. The molecule has 0 unspecified atom stereocenters. The van der Waals surface area contributed by atoms with Crippen molar-refractivity contribution in [2.24, 2.45) is 10.7 Å². The third-order valence-electron chi connectivity index (χ3n) is 6.30. The van der Waals surface area contributed by atoms with Gasteiger partial charge in [0.05, 0.1) is 31.7 Å². The van der Waals surface area contributed by atoms with Gasteiger partial charge in [-0.05, 0) is 49.2 Å². The number of morpholine rings is 1. The molecule has 2 fully saturated rings. The molecule has 0 spiro atoms. The monoisotopic (exact) mass is 431 g/mol. The number of hydrogen-bond donors (Lipinski definition) is 1. The third kappa shape index (κ3) is 4.21. The van der Waals surface area contributed by atoms with Crippen LogP contribution in [-0.2, 0) is 4.74 Å². The van der Waals surface area contributed by atoms with E-state index < -0.39 is 0 Å². The smallest absolute Gasteiger partial charge is 0.254 e. The number of ether oxygens (including phenoxy) is 1. The summed E-state index contributed by atoms with van der Waals surface area (Å²) in [5.41, 5.74) is 11.0. The molecule has 3 heterocycles. The molecule has 5 rings (SSSR count). The van der Waals surface area contributed by atoms with Gasteiger partial charge in [-0.15, -0.1) is 0 Å². The molecule has 2 aromatic carbocycles. The molecule has 0 atom stereocenters. The van der Waals surface area contributed by atoms with Gasteiger partial charge in [0.1, 0.15) is 5.84 Å². The van der Waals surface area contributed by atoms with Gasteiger partial charge in [0.15, 0.2) is 0 Å². The highest BCUT2D eigenvalue weighted by Gasteiger charge is 2.22. The second-order valence-corrected chi connectivity index (χ2v) is 8.42. The molecule has 3 aliphatic rings. The molecule has 7 heteroatoms. The molecule has 0 bridgehead atoms. The summed E-state index contributed by atoms with van der Waals surface area (Å²) >= 11 is 0. The van der Waals surface area contributed by atoms with Crippen LogP contribution < -0.4 is 15.5 Å². The number of anilines is 2. The Bertz CT molecular complexity index is 1030. The summed E-state index contributed by atoms with van der Waals surface area (Å²) in [6.45, 7) is 5.19. The second kappa shape index (κ2) is 9.04. The van der Waals surface area contributed by atoms with Gasteiger partial charge in [0.2, 0.25) is 0 Å². The van der Waals surface area contributed by atoms with Gasteiger partial charge in [0.25, 0.3) is 5.91 Å². The van der Waals surface area contributed by atoms with E-state index >= 15 is 0 Å². The van der Waals surface area contributed by atoms with E-state index in [0.29, 0.717) is 44.2 Å². The van der Waals surface area contributed by atoms with Gasteiger partial charge in [-0.1, -0.05) is 12.1 Å². The highest BCUT2D eigenvalue weighted by atomic mass is 16.5. The molecular weight excluding hydrogens is 402 g/mol. The Morgan fingerprint density at radius 3 is 2.41 bits per heavy atom. The molecule has 32 heavy (non-hydrogen) atoms. The first-order valence-electron chi connectivity index (χ1n) is 11.3. The lowest BCUT2D eigenvalue weighted by Crippen LogP contribution is -2.40. The average molecular weight is 432 g/mol. The molecule has 3 aliphatic heterocycles. The zero-order chi connectivity index (χ0) is 21.9. The standard InChI is InChI=1S/C25H29N5O2/c26-24-18-30(22-8-6-21(7-9-22)28-10-1-2-11-28)23(17-27-24)19-4-3-5-20(16-19)25(31)29-12-14-32-15-13-29/h3-9,16-17H,1-2,10-15,18H2,(H2,26,27). The van der Waals surface area contributed by atoms with Crippen molar-refractivity contribution < 1.29 is 9.53 Å². The van der Waals surface area contributed by atoms with E-state index in [9.17, 15) is 4.79 Å². The maximum atomic E-state index is 13.0. The van der Waals surface area contributed by atoms with Crippen LogP contribution in [0.25, 0.3) is 5.70 Å². The number of amidine groups is 1. The SMILES string of the molecule is NC1=NC=C(c2cccc(C(=O)N3CCOCC3)c2)N(c2ccc(N3CCCC3)cc2)C1. The number of amides is 1. The summed E-state index contributed by atoms with van der Waals surface area (Å²) in [5, 5.41) is 0. The summed E-state index contributed by atoms with van der Waals surface area (Å²) in [5.74, 6) is 0.606. The number of aliphatic imine (C=N–C) groups is 1. The molecule has 2 N–H and O–H groups in total. The zero-order valence-corrected chi connectivity index (χ0v) is 18.2. The normalized spacial score (nSPS) is 19.1. The van der Waals surface area contributed by atoms with E-state index in [-0.39, 0.29) is 5.91 Å². The lowest BCUT2D eigenvalue weighted by atomic mass is 10.0. The lowest BCUT2D eigenvalue weighted by Gasteiger charge is -2.31. The van der Waals surface area contributed by atoms with E-state index in [4.69, 9.17) is 10.5 Å². The lowest BCUT2D eigenvalue weighted by molar-refractivity contribution is 0.0303. The number of hydrogen-bond acceptors (Lipinski definition) is 6. The highest BCUT2D eigenvalue weighted by molar-refractivity contribution is 5.98. The maximum absolute atomic E-state index is 13.0. The highest BCUT2D eigenvalue weighted by Crippen LogP contribution is 2.31. The van der Waals surface area contributed by atoms with Crippen LogP contribution in [0.3, 0.4) is 0 Å². The van der Waals surface area contributed by atoms with Crippen molar-refractivity contribution in [1.82, 2.24) is 4.90 Å². The first-order chi connectivity index (χ1) is 15.7. The summed E-state index contributed by atoms with van der Waals surface area (Å²) in [4.78, 5) is 23.8. The first kappa shape index (κ1) is 20.6. The van der Waals surface area contributed by atoms with Gasteiger partial charge < -0.3 is 25.2 Å². The van der Waals surface area contributed by atoms with Gasteiger partial charge >= 0.3 is 0 Å². The van der Waals surface area contributed by atoms with Crippen LogP contribution in [0.2, 0.25) is 0 Å². The molecule has 2 aromatic rings. The summed E-state index contributed by atoms with van der Waals surface area (Å²) in [7, 11) is 0. The van der Waals surface area contributed by atoms with Gasteiger partial charge in [-0.25, -0.2) is 4.99 Å². The van der Waals surface area contributed by atoms with Crippen molar-refractivity contribution in [3.8, 4) is 0 Å². The topological polar surface area (TPSA) is 74.4 Å². The number of rotatable bonds is 4. The summed E-state index contributed by atoms with van der Waals surface area (Å²) < 4.78 is 5.38. The Morgan fingerprint density at radius 2 is 1.66 bits per heavy atom. The van der Waals surface area contributed by atoms with E-state index in [1.807, 2.05) is 29.2 Å². The van der Waals surface area contributed by atoms with Crippen LogP contribution >= 0.6 is 0 Å². The molecule has 2 saturated heterocycles. The number of nitrogens with two attached hydrogens (primary N) is 1. The van der Waals surface area contributed by atoms with Crippen molar-refractivity contribution >= 4 is 28.8 Å². The van der Waals surface area contributed by atoms with E-state index in [1.165, 1.54) is 18.5 Å². The maximum Gasteiger partial charge on any atom is 0.254 e. The largest absolute Gasteiger partial charge is 0.386 e. The average Bonchev–Trinajstić information content (AvgIpc) is 3.39. The van der Waals surface area contributed by atoms with Gasteiger partial charge in [0, 0.05) is 48.7 Å². The number of carbonyl (C=O) groups excluding carboxylic acids is 1. The predicted molar refractivity (Wildman–Crippen MR) is 128 cm³/mol. The van der Waals surface area contributed by atoms with Crippen molar-refractivity contribution in [2.45, 2.75) is 12.8 Å². The summed E-state index contributed by atoms with van der Waals surface area (Å²) in [6, 6.07) is 16.4. The van der Waals surface area contributed by atoms with Crippen LogP contribution in [0.15, 0.2) is 59.7 Å². The molecule has 0 aliphatic carbocycles. The molecular formula is C25H29N5O2. The fourth-order valence-electron chi connectivity index (χ4n) is 4.54. The van der Waals surface area contributed by atoms with Crippen molar-refractivity contribution in [1.29, 1.82) is 0 Å². The van der Waals surface area contributed by atoms with Crippen LogP contribution in [0.4, 0.5) is 11.4 Å². The third-order valence-corrected chi connectivity index (χ3v) is 6.30. The Balaban J connectivity index is 1.41. The Kier molecular flexibility index (Phi) is 5.81.